The van der Waals surface area contributed by atoms with Crippen molar-refractivity contribution in [1.29, 1.82) is 5.26 Å². The second kappa shape index (κ2) is 7.82. The van der Waals surface area contributed by atoms with Gasteiger partial charge in [0.1, 0.15) is 23.1 Å². The molecular formula is C22H15NO3. The fourth-order valence-corrected chi connectivity index (χ4v) is 2.48. The first-order valence-corrected chi connectivity index (χ1v) is 7.95. The second-order valence-electron chi connectivity index (χ2n) is 5.51. The van der Waals surface area contributed by atoms with E-state index in [1.54, 1.807) is 30.3 Å². The van der Waals surface area contributed by atoms with Gasteiger partial charge in [0.05, 0.1) is 0 Å². The van der Waals surface area contributed by atoms with Crippen LogP contribution in [0.25, 0.3) is 17.2 Å². The lowest BCUT2D eigenvalue weighted by atomic mass is 10.0. The summed E-state index contributed by atoms with van der Waals surface area (Å²) in [7, 11) is 0. The summed E-state index contributed by atoms with van der Waals surface area (Å²) in [6.07, 6.45) is 1.32. The molecule has 0 spiro atoms. The first-order valence-electron chi connectivity index (χ1n) is 7.95. The van der Waals surface area contributed by atoms with Crippen LogP contribution in [0.1, 0.15) is 5.56 Å². The van der Waals surface area contributed by atoms with Gasteiger partial charge in [0.15, 0.2) is 0 Å². The number of hydrogen-bond acceptors (Lipinski definition) is 3. The summed E-state index contributed by atoms with van der Waals surface area (Å²) in [6, 6.07) is 26.3. The van der Waals surface area contributed by atoms with Crippen molar-refractivity contribution >= 4 is 12.0 Å². The van der Waals surface area contributed by atoms with Crippen LogP contribution in [0.5, 0.6) is 11.5 Å². The van der Waals surface area contributed by atoms with Gasteiger partial charge >= 0.3 is 5.97 Å². The molecule has 0 atom stereocenters. The Hall–Kier alpha value is -3.84. The number of benzene rings is 3. The van der Waals surface area contributed by atoms with E-state index < -0.39 is 5.97 Å². The highest BCUT2D eigenvalue weighted by Crippen LogP contribution is 2.33. The largest absolute Gasteiger partial charge is 0.477 e. The molecule has 0 fully saturated rings. The third-order valence-electron chi connectivity index (χ3n) is 3.74. The molecule has 126 valence electrons. The zero-order valence-corrected chi connectivity index (χ0v) is 13.8. The Kier molecular flexibility index (Phi) is 5.11. The third kappa shape index (κ3) is 3.97. The molecule has 4 nitrogen and oxygen atoms in total. The van der Waals surface area contributed by atoms with Gasteiger partial charge in [-0.3, -0.25) is 0 Å². The topological polar surface area (TPSA) is 70.3 Å². The van der Waals surface area contributed by atoms with Crippen molar-refractivity contribution in [3.8, 4) is 28.7 Å². The van der Waals surface area contributed by atoms with E-state index in [0.29, 0.717) is 11.3 Å². The fraction of sp³-hybridized carbons (Fsp3) is 0. The number of nitriles is 1. The summed E-state index contributed by atoms with van der Waals surface area (Å²) in [5.74, 6) is 0.106. The van der Waals surface area contributed by atoms with Crippen LogP contribution in [-0.4, -0.2) is 11.1 Å². The number of para-hydroxylation sites is 1. The van der Waals surface area contributed by atoms with E-state index in [4.69, 9.17) is 15.1 Å². The van der Waals surface area contributed by atoms with Crippen molar-refractivity contribution < 1.29 is 14.6 Å². The van der Waals surface area contributed by atoms with E-state index in [0.717, 1.165) is 16.9 Å². The minimum Gasteiger partial charge on any atom is -0.477 e. The fourth-order valence-electron chi connectivity index (χ4n) is 2.48. The van der Waals surface area contributed by atoms with Crippen LogP contribution in [0.4, 0.5) is 0 Å². The Morgan fingerprint density at radius 2 is 1.58 bits per heavy atom. The smallest absolute Gasteiger partial charge is 0.346 e. The standard InChI is InChI=1S/C22H15NO3/c23-15-18(22(24)25)14-16-10-12-19(13-11-16)26-21-9-5-4-8-20(21)17-6-2-1-3-7-17/h1-14H,(H,24,25). The lowest BCUT2D eigenvalue weighted by Gasteiger charge is -2.11. The molecule has 0 bridgehead atoms. The second-order valence-corrected chi connectivity index (χ2v) is 5.51. The maximum absolute atomic E-state index is 10.9. The average Bonchev–Trinajstić information content (AvgIpc) is 2.68. The number of nitrogens with zero attached hydrogens (tertiary/aromatic N) is 1. The molecule has 4 heteroatoms. The maximum Gasteiger partial charge on any atom is 0.346 e. The highest BCUT2D eigenvalue weighted by Gasteiger charge is 2.08. The number of rotatable bonds is 5. The molecule has 3 aromatic rings. The molecule has 0 radical (unpaired) electrons. The van der Waals surface area contributed by atoms with Gasteiger partial charge in [-0.25, -0.2) is 4.79 Å². The number of aliphatic carboxylic acids is 1. The lowest BCUT2D eigenvalue weighted by Crippen LogP contribution is -1.97. The molecule has 0 heterocycles. The molecule has 1 N–H and O–H groups in total. The van der Waals surface area contributed by atoms with Crippen molar-refractivity contribution in [1.82, 2.24) is 0 Å². The van der Waals surface area contributed by atoms with Crippen LogP contribution >= 0.6 is 0 Å². The summed E-state index contributed by atoms with van der Waals surface area (Å²) < 4.78 is 6.00. The molecule has 0 saturated carbocycles. The minimum absolute atomic E-state index is 0.312. The molecule has 0 saturated heterocycles. The molecular weight excluding hydrogens is 326 g/mol. The van der Waals surface area contributed by atoms with E-state index >= 15 is 0 Å². The van der Waals surface area contributed by atoms with Gasteiger partial charge in [-0.15, -0.1) is 0 Å². The van der Waals surface area contributed by atoms with E-state index in [1.807, 2.05) is 54.6 Å². The Morgan fingerprint density at radius 1 is 0.923 bits per heavy atom. The first kappa shape index (κ1) is 17.0. The highest BCUT2D eigenvalue weighted by atomic mass is 16.5. The first-order chi connectivity index (χ1) is 12.7. The maximum atomic E-state index is 10.9. The van der Waals surface area contributed by atoms with E-state index in [9.17, 15) is 4.79 Å². The van der Waals surface area contributed by atoms with Gasteiger partial charge in [-0.2, -0.15) is 5.26 Å². The SMILES string of the molecule is N#CC(=Cc1ccc(Oc2ccccc2-c2ccccc2)cc1)C(=O)O. The van der Waals surface area contributed by atoms with Crippen molar-refractivity contribution in [2.75, 3.05) is 0 Å². The van der Waals surface area contributed by atoms with Gasteiger partial charge < -0.3 is 9.84 Å². The van der Waals surface area contributed by atoms with Crippen molar-refractivity contribution in [2.45, 2.75) is 0 Å². The van der Waals surface area contributed by atoms with Crippen molar-refractivity contribution in [3.63, 3.8) is 0 Å². The highest BCUT2D eigenvalue weighted by molar-refractivity contribution is 5.96. The number of carboxylic acid groups (broad SMARTS) is 1. The lowest BCUT2D eigenvalue weighted by molar-refractivity contribution is -0.132. The summed E-state index contributed by atoms with van der Waals surface area (Å²) in [4.78, 5) is 10.9. The quantitative estimate of drug-likeness (QED) is 0.515. The normalized spacial score (nSPS) is 10.8. The van der Waals surface area contributed by atoms with Gasteiger partial charge in [0, 0.05) is 5.56 Å². The molecule has 0 unspecified atom stereocenters. The van der Waals surface area contributed by atoms with Crippen molar-refractivity contribution in [3.05, 3.63) is 90.0 Å². The Morgan fingerprint density at radius 3 is 2.23 bits per heavy atom. The monoisotopic (exact) mass is 341 g/mol. The van der Waals surface area contributed by atoms with Crippen LogP contribution in [0.3, 0.4) is 0 Å². The van der Waals surface area contributed by atoms with E-state index in [2.05, 4.69) is 0 Å². The zero-order chi connectivity index (χ0) is 18.4. The third-order valence-corrected chi connectivity index (χ3v) is 3.74. The van der Waals surface area contributed by atoms with Gasteiger partial charge in [-0.1, -0.05) is 60.7 Å². The Balaban J connectivity index is 1.85. The molecule has 0 amide bonds. The summed E-state index contributed by atoms with van der Waals surface area (Å²) in [5, 5.41) is 17.7. The number of ether oxygens (including phenoxy) is 1. The van der Waals surface area contributed by atoms with Crippen molar-refractivity contribution in [2.24, 2.45) is 0 Å². The van der Waals surface area contributed by atoms with Crippen LogP contribution in [-0.2, 0) is 4.79 Å². The predicted molar refractivity (Wildman–Crippen MR) is 99.6 cm³/mol. The molecule has 3 aromatic carbocycles. The number of hydrogen-bond donors (Lipinski definition) is 1. The van der Waals surface area contributed by atoms with Gasteiger partial charge in [-0.05, 0) is 35.4 Å². The minimum atomic E-state index is -1.25. The Bertz CT molecular complexity index is 984. The summed E-state index contributed by atoms with van der Waals surface area (Å²) >= 11 is 0. The van der Waals surface area contributed by atoms with E-state index in [1.165, 1.54) is 6.08 Å². The zero-order valence-electron chi connectivity index (χ0n) is 13.8. The van der Waals surface area contributed by atoms with Crippen LogP contribution in [0.2, 0.25) is 0 Å². The molecule has 0 aromatic heterocycles. The molecule has 0 aliphatic rings. The summed E-state index contributed by atoms with van der Waals surface area (Å²) in [5.41, 5.74) is 2.35. The van der Waals surface area contributed by atoms with Gasteiger partial charge in [0.2, 0.25) is 0 Å². The van der Waals surface area contributed by atoms with Gasteiger partial charge in [0.25, 0.3) is 0 Å². The van der Waals surface area contributed by atoms with Crippen LogP contribution in [0.15, 0.2) is 84.4 Å². The summed E-state index contributed by atoms with van der Waals surface area (Å²) in [6.45, 7) is 0. The van der Waals surface area contributed by atoms with E-state index in [-0.39, 0.29) is 5.57 Å². The molecule has 0 aliphatic carbocycles. The average molecular weight is 341 g/mol. The van der Waals surface area contributed by atoms with Crippen LogP contribution < -0.4 is 4.74 Å². The Labute approximate surface area is 151 Å². The number of carboxylic acids is 1. The molecule has 26 heavy (non-hydrogen) atoms. The number of carbonyl (C=O) groups is 1. The van der Waals surface area contributed by atoms with Crippen LogP contribution in [0, 0.1) is 11.3 Å². The predicted octanol–water partition coefficient (Wildman–Crippen LogP) is 5.14. The molecule has 3 rings (SSSR count). The molecule has 0 aliphatic heterocycles.